The van der Waals surface area contributed by atoms with E-state index in [1.54, 1.807) is 0 Å². The van der Waals surface area contributed by atoms with Crippen molar-refractivity contribution >= 4 is 10.0 Å². The lowest BCUT2D eigenvalue weighted by Gasteiger charge is -2.25. The molecule has 0 atom stereocenters. The van der Waals surface area contributed by atoms with Crippen molar-refractivity contribution in [3.63, 3.8) is 0 Å². The number of sulfonamides is 1. The van der Waals surface area contributed by atoms with Gasteiger partial charge >= 0.3 is 0 Å². The van der Waals surface area contributed by atoms with Gasteiger partial charge in [-0.25, -0.2) is 13.1 Å². The van der Waals surface area contributed by atoms with Crippen LogP contribution in [0.2, 0.25) is 0 Å². The number of rotatable bonds is 6. The lowest BCUT2D eigenvalue weighted by atomic mass is 9.97. The number of aromatic nitrogens is 2. The van der Waals surface area contributed by atoms with E-state index in [1.807, 2.05) is 44.2 Å². The summed E-state index contributed by atoms with van der Waals surface area (Å²) in [6.45, 7) is 3.77. The second-order valence-corrected chi connectivity index (χ2v) is 7.09. The monoisotopic (exact) mass is 293 g/mol. The minimum atomic E-state index is -3.52. The molecule has 0 radical (unpaired) electrons. The number of benzene rings is 1. The summed E-state index contributed by atoms with van der Waals surface area (Å²) >= 11 is 0. The Morgan fingerprint density at radius 2 is 1.95 bits per heavy atom. The minimum absolute atomic E-state index is 0.158. The van der Waals surface area contributed by atoms with Gasteiger partial charge in [-0.05, 0) is 32.3 Å². The van der Waals surface area contributed by atoms with Crippen LogP contribution in [-0.2, 0) is 16.4 Å². The molecule has 5 nitrogen and oxygen atoms in total. The number of nitrogens with one attached hydrogen (secondary N) is 2. The third kappa shape index (κ3) is 3.91. The van der Waals surface area contributed by atoms with Crippen molar-refractivity contribution in [2.24, 2.45) is 0 Å². The Hall–Kier alpha value is -1.66. The van der Waals surface area contributed by atoms with Crippen molar-refractivity contribution in [2.45, 2.75) is 37.1 Å². The average Bonchev–Trinajstić information content (AvgIpc) is 2.91. The minimum Gasteiger partial charge on any atom is -0.284 e. The van der Waals surface area contributed by atoms with Crippen LogP contribution in [0.5, 0.6) is 0 Å². The molecule has 0 fully saturated rings. The highest BCUT2D eigenvalue weighted by atomic mass is 32.2. The van der Waals surface area contributed by atoms with Crippen molar-refractivity contribution in [3.05, 3.63) is 48.3 Å². The van der Waals surface area contributed by atoms with E-state index < -0.39 is 15.6 Å². The fraction of sp³-hybridized carbons (Fsp3) is 0.357. The Balaban J connectivity index is 2.01. The summed E-state index contributed by atoms with van der Waals surface area (Å²) in [5, 5.41) is 6.18. The van der Waals surface area contributed by atoms with Crippen molar-refractivity contribution < 1.29 is 8.42 Å². The zero-order chi connectivity index (χ0) is 14.6. The first kappa shape index (κ1) is 14.7. The molecule has 2 rings (SSSR count). The van der Waals surface area contributed by atoms with Gasteiger partial charge in [-0.15, -0.1) is 0 Å². The van der Waals surface area contributed by atoms with E-state index in [9.17, 15) is 8.42 Å². The SMILES string of the molecule is CC(C)(CCc1ccccc1)NS(=O)(=O)c1cn[nH]c1. The molecule has 0 aliphatic heterocycles. The van der Waals surface area contributed by atoms with Crippen molar-refractivity contribution in [1.82, 2.24) is 14.9 Å². The van der Waals surface area contributed by atoms with Gasteiger partial charge < -0.3 is 0 Å². The summed E-state index contributed by atoms with van der Waals surface area (Å²) in [7, 11) is -3.52. The molecule has 0 aliphatic rings. The summed E-state index contributed by atoms with van der Waals surface area (Å²) in [5.74, 6) is 0. The highest BCUT2D eigenvalue weighted by molar-refractivity contribution is 7.89. The molecule has 2 aromatic rings. The summed E-state index contributed by atoms with van der Waals surface area (Å²) in [5.41, 5.74) is 0.675. The Morgan fingerprint density at radius 1 is 1.25 bits per heavy atom. The predicted molar refractivity (Wildman–Crippen MR) is 77.8 cm³/mol. The number of hydrogen-bond acceptors (Lipinski definition) is 3. The summed E-state index contributed by atoms with van der Waals surface area (Å²) in [4.78, 5) is 0.158. The van der Waals surface area contributed by atoms with E-state index in [0.717, 1.165) is 6.42 Å². The van der Waals surface area contributed by atoms with Crippen LogP contribution in [0.25, 0.3) is 0 Å². The zero-order valence-electron chi connectivity index (χ0n) is 11.6. The van der Waals surface area contributed by atoms with Crippen LogP contribution in [0.15, 0.2) is 47.6 Å². The first-order valence-corrected chi connectivity index (χ1v) is 7.94. The Morgan fingerprint density at radius 3 is 2.55 bits per heavy atom. The molecular formula is C14H19N3O2S. The van der Waals surface area contributed by atoms with Crippen LogP contribution >= 0.6 is 0 Å². The van der Waals surface area contributed by atoms with E-state index in [0.29, 0.717) is 6.42 Å². The highest BCUT2D eigenvalue weighted by Gasteiger charge is 2.26. The van der Waals surface area contributed by atoms with Gasteiger partial charge in [-0.2, -0.15) is 5.10 Å². The van der Waals surface area contributed by atoms with Gasteiger partial charge in [0, 0.05) is 11.7 Å². The first-order chi connectivity index (χ1) is 9.39. The molecule has 2 N–H and O–H groups in total. The Labute approximate surface area is 119 Å². The molecule has 0 aliphatic carbocycles. The lowest BCUT2D eigenvalue weighted by Crippen LogP contribution is -2.43. The van der Waals surface area contributed by atoms with Gasteiger partial charge in [0.25, 0.3) is 0 Å². The molecule has 0 amide bonds. The molecule has 0 spiro atoms. The van der Waals surface area contributed by atoms with Gasteiger partial charge in [0.15, 0.2) is 0 Å². The second-order valence-electron chi connectivity index (χ2n) is 5.41. The molecule has 0 saturated carbocycles. The highest BCUT2D eigenvalue weighted by Crippen LogP contribution is 2.17. The lowest BCUT2D eigenvalue weighted by molar-refractivity contribution is 0.422. The number of nitrogens with zero attached hydrogens (tertiary/aromatic N) is 1. The molecule has 1 aromatic carbocycles. The van der Waals surface area contributed by atoms with Gasteiger partial charge in [0.05, 0.1) is 6.20 Å². The molecule has 0 unspecified atom stereocenters. The zero-order valence-corrected chi connectivity index (χ0v) is 12.4. The Bertz CT molecular complexity index is 634. The van der Waals surface area contributed by atoms with Gasteiger partial charge in [-0.1, -0.05) is 30.3 Å². The van der Waals surface area contributed by atoms with Crippen molar-refractivity contribution in [3.8, 4) is 0 Å². The maximum absolute atomic E-state index is 12.1. The average molecular weight is 293 g/mol. The van der Waals surface area contributed by atoms with Crippen LogP contribution in [0.3, 0.4) is 0 Å². The summed E-state index contributed by atoms with van der Waals surface area (Å²) in [6, 6.07) is 10.0. The smallest absolute Gasteiger partial charge is 0.244 e. The molecule has 1 heterocycles. The maximum Gasteiger partial charge on any atom is 0.244 e. The number of aromatic amines is 1. The number of hydrogen-bond donors (Lipinski definition) is 2. The number of H-pyrrole nitrogens is 1. The molecule has 108 valence electrons. The molecular weight excluding hydrogens is 274 g/mol. The van der Waals surface area contributed by atoms with Crippen molar-refractivity contribution in [2.75, 3.05) is 0 Å². The summed E-state index contributed by atoms with van der Waals surface area (Å²) < 4.78 is 27.0. The third-order valence-electron chi connectivity index (χ3n) is 3.08. The topological polar surface area (TPSA) is 74.8 Å². The van der Waals surface area contributed by atoms with E-state index in [-0.39, 0.29) is 4.90 Å². The van der Waals surface area contributed by atoms with E-state index in [4.69, 9.17) is 0 Å². The normalized spacial score (nSPS) is 12.5. The van der Waals surface area contributed by atoms with Gasteiger partial charge in [-0.3, -0.25) is 5.10 Å². The predicted octanol–water partition coefficient (Wildman–Crippen LogP) is 2.10. The molecule has 1 aromatic heterocycles. The van der Waals surface area contributed by atoms with E-state index in [2.05, 4.69) is 14.9 Å². The largest absolute Gasteiger partial charge is 0.284 e. The van der Waals surface area contributed by atoms with Gasteiger partial charge in [0.2, 0.25) is 10.0 Å². The molecule has 0 saturated heterocycles. The van der Waals surface area contributed by atoms with E-state index >= 15 is 0 Å². The first-order valence-electron chi connectivity index (χ1n) is 6.46. The summed E-state index contributed by atoms with van der Waals surface area (Å²) in [6.07, 6.45) is 4.21. The van der Waals surface area contributed by atoms with Crippen molar-refractivity contribution in [1.29, 1.82) is 0 Å². The standard InChI is InChI=1S/C14H19N3O2S/c1-14(2,9-8-12-6-4-3-5-7-12)17-20(18,19)13-10-15-16-11-13/h3-7,10-11,17H,8-9H2,1-2H3,(H,15,16). The molecule has 20 heavy (non-hydrogen) atoms. The van der Waals surface area contributed by atoms with Crippen LogP contribution in [-0.4, -0.2) is 24.2 Å². The number of aryl methyl sites for hydroxylation is 1. The second kappa shape index (κ2) is 5.76. The quantitative estimate of drug-likeness (QED) is 0.856. The molecule has 6 heteroatoms. The molecule has 0 bridgehead atoms. The van der Waals surface area contributed by atoms with E-state index in [1.165, 1.54) is 18.0 Å². The van der Waals surface area contributed by atoms with Crippen LogP contribution < -0.4 is 4.72 Å². The van der Waals surface area contributed by atoms with Crippen LogP contribution in [0.4, 0.5) is 0 Å². The maximum atomic E-state index is 12.1. The van der Waals surface area contributed by atoms with Gasteiger partial charge in [0.1, 0.15) is 4.90 Å². The Kier molecular flexibility index (Phi) is 4.25. The fourth-order valence-electron chi connectivity index (χ4n) is 1.96. The van der Waals surface area contributed by atoms with Crippen LogP contribution in [0, 0.1) is 0 Å². The third-order valence-corrected chi connectivity index (χ3v) is 4.74. The fourth-order valence-corrected chi connectivity index (χ4v) is 3.31. The van der Waals surface area contributed by atoms with Crippen LogP contribution in [0.1, 0.15) is 25.8 Å².